The lowest BCUT2D eigenvalue weighted by Gasteiger charge is -2.38. The zero-order chi connectivity index (χ0) is 11.3. The second-order valence-electron chi connectivity index (χ2n) is 5.77. The van der Waals surface area contributed by atoms with Gasteiger partial charge in [0.15, 0.2) is 5.78 Å². The van der Waals surface area contributed by atoms with Crippen molar-refractivity contribution in [3.8, 4) is 0 Å². The van der Waals surface area contributed by atoms with Gasteiger partial charge in [-0.25, -0.2) is 0 Å². The molecule has 0 aromatic carbocycles. The van der Waals surface area contributed by atoms with Gasteiger partial charge in [0.05, 0.1) is 11.7 Å². The van der Waals surface area contributed by atoms with Crippen LogP contribution in [-0.2, 0) is 9.53 Å². The molecule has 84 valence electrons. The number of hydrogen-bond acceptors (Lipinski definition) is 2. The number of ether oxygens (including phenoxy) is 1. The number of fused-ring (bicyclic) bond motifs is 1. The monoisotopic (exact) mass is 208 g/mol. The van der Waals surface area contributed by atoms with Crippen molar-refractivity contribution in [3.63, 3.8) is 0 Å². The molecule has 1 aliphatic carbocycles. The van der Waals surface area contributed by atoms with Crippen LogP contribution in [0.3, 0.4) is 0 Å². The molecule has 0 unspecified atom stereocenters. The van der Waals surface area contributed by atoms with Crippen molar-refractivity contribution in [2.24, 2.45) is 11.3 Å². The quantitative estimate of drug-likeness (QED) is 0.516. The van der Waals surface area contributed by atoms with Crippen molar-refractivity contribution in [1.82, 2.24) is 0 Å². The maximum atomic E-state index is 11.0. The van der Waals surface area contributed by atoms with E-state index < -0.39 is 0 Å². The van der Waals surface area contributed by atoms with Gasteiger partial charge in [0.2, 0.25) is 0 Å². The van der Waals surface area contributed by atoms with Crippen molar-refractivity contribution < 1.29 is 9.53 Å². The molecule has 15 heavy (non-hydrogen) atoms. The molecule has 0 N–H and O–H groups in total. The molecule has 0 radical (unpaired) electrons. The van der Waals surface area contributed by atoms with Gasteiger partial charge in [0.1, 0.15) is 0 Å². The summed E-state index contributed by atoms with van der Waals surface area (Å²) in [5.74, 6) is 0.491. The highest BCUT2D eigenvalue weighted by atomic mass is 16.6. The van der Waals surface area contributed by atoms with Crippen LogP contribution in [0, 0.1) is 11.3 Å². The van der Waals surface area contributed by atoms with E-state index in [9.17, 15) is 4.79 Å². The van der Waals surface area contributed by atoms with E-state index in [2.05, 4.69) is 26.8 Å². The van der Waals surface area contributed by atoms with Crippen LogP contribution in [0.1, 0.15) is 40.5 Å². The number of carbonyl (C=O) groups is 1. The Balaban J connectivity index is 2.21. The lowest BCUT2D eigenvalue weighted by Crippen LogP contribution is -2.39. The van der Waals surface area contributed by atoms with Crippen molar-refractivity contribution in [1.29, 1.82) is 0 Å². The third-order valence-electron chi connectivity index (χ3n) is 4.01. The van der Waals surface area contributed by atoms with Crippen molar-refractivity contribution >= 4 is 5.78 Å². The van der Waals surface area contributed by atoms with Crippen LogP contribution >= 0.6 is 0 Å². The maximum Gasteiger partial charge on any atom is 0.152 e. The summed E-state index contributed by atoms with van der Waals surface area (Å²) < 4.78 is 5.78. The Morgan fingerprint density at radius 1 is 1.40 bits per heavy atom. The third-order valence-corrected chi connectivity index (χ3v) is 4.01. The fourth-order valence-corrected chi connectivity index (χ4v) is 3.01. The van der Waals surface area contributed by atoms with Crippen LogP contribution in [0.15, 0.2) is 12.2 Å². The van der Waals surface area contributed by atoms with Gasteiger partial charge in [-0.05, 0) is 38.2 Å². The van der Waals surface area contributed by atoms with Crippen molar-refractivity contribution in [2.45, 2.75) is 52.2 Å². The van der Waals surface area contributed by atoms with E-state index in [0.29, 0.717) is 12.0 Å². The molecule has 2 fully saturated rings. The van der Waals surface area contributed by atoms with Crippen LogP contribution in [0.2, 0.25) is 0 Å². The van der Waals surface area contributed by atoms with E-state index in [1.165, 1.54) is 6.42 Å². The largest absolute Gasteiger partial charge is 0.366 e. The fourth-order valence-electron chi connectivity index (χ4n) is 3.01. The average molecular weight is 208 g/mol. The molecule has 1 saturated carbocycles. The summed E-state index contributed by atoms with van der Waals surface area (Å²) in [6.07, 6.45) is 6.52. The molecule has 0 amide bonds. The van der Waals surface area contributed by atoms with E-state index in [0.717, 1.165) is 6.42 Å². The van der Waals surface area contributed by atoms with Gasteiger partial charge >= 0.3 is 0 Å². The molecule has 0 spiro atoms. The first-order valence-corrected chi connectivity index (χ1v) is 5.73. The summed E-state index contributed by atoms with van der Waals surface area (Å²) in [7, 11) is 0. The Morgan fingerprint density at radius 2 is 2.07 bits per heavy atom. The van der Waals surface area contributed by atoms with E-state index in [1.54, 1.807) is 13.0 Å². The SMILES string of the molecule is CC(=O)/C=C/[C@H]1C(C)(C)CC[C@@H]2O[C@@]21C. The fraction of sp³-hybridized carbons (Fsp3) is 0.769. The molecule has 0 aromatic rings. The first-order valence-electron chi connectivity index (χ1n) is 5.73. The van der Waals surface area contributed by atoms with Gasteiger partial charge in [-0.2, -0.15) is 0 Å². The number of ketones is 1. The van der Waals surface area contributed by atoms with E-state index in [1.807, 2.05) is 0 Å². The Bertz CT molecular complexity index is 312. The molecule has 1 heterocycles. The second-order valence-corrected chi connectivity index (χ2v) is 5.77. The summed E-state index contributed by atoms with van der Waals surface area (Å²) in [6.45, 7) is 8.31. The highest BCUT2D eigenvalue weighted by molar-refractivity contribution is 5.87. The number of carbonyl (C=O) groups excluding carboxylic acids is 1. The van der Waals surface area contributed by atoms with Crippen LogP contribution in [0.25, 0.3) is 0 Å². The topological polar surface area (TPSA) is 29.6 Å². The highest BCUT2D eigenvalue weighted by Gasteiger charge is 2.63. The Kier molecular flexibility index (Phi) is 2.30. The minimum Gasteiger partial charge on any atom is -0.366 e. The first kappa shape index (κ1) is 10.9. The van der Waals surface area contributed by atoms with Gasteiger partial charge in [0.25, 0.3) is 0 Å². The minimum absolute atomic E-state index is 0.00625. The van der Waals surface area contributed by atoms with Crippen LogP contribution in [-0.4, -0.2) is 17.5 Å². The summed E-state index contributed by atoms with van der Waals surface area (Å²) in [5, 5.41) is 0. The predicted octanol–water partition coefficient (Wildman–Crippen LogP) is 2.73. The second kappa shape index (κ2) is 3.18. The number of rotatable bonds is 2. The third kappa shape index (κ3) is 1.76. The molecule has 2 rings (SSSR count). The first-order chi connectivity index (χ1) is 6.86. The van der Waals surface area contributed by atoms with Crippen LogP contribution < -0.4 is 0 Å². The number of allylic oxidation sites excluding steroid dienone is 1. The van der Waals surface area contributed by atoms with Gasteiger partial charge < -0.3 is 4.74 Å². The number of hydrogen-bond donors (Lipinski definition) is 0. The maximum absolute atomic E-state index is 11.0. The molecule has 2 aliphatic rings. The van der Waals surface area contributed by atoms with Crippen LogP contribution in [0.4, 0.5) is 0 Å². The normalized spacial score (nSPS) is 42.7. The smallest absolute Gasteiger partial charge is 0.152 e. The zero-order valence-electron chi connectivity index (χ0n) is 10.0. The predicted molar refractivity (Wildman–Crippen MR) is 59.6 cm³/mol. The molecule has 1 saturated heterocycles. The highest BCUT2D eigenvalue weighted by Crippen LogP contribution is 2.58. The van der Waals surface area contributed by atoms with Gasteiger partial charge in [-0.3, -0.25) is 4.79 Å². The van der Waals surface area contributed by atoms with Crippen LogP contribution in [0.5, 0.6) is 0 Å². The Morgan fingerprint density at radius 3 is 2.67 bits per heavy atom. The van der Waals surface area contributed by atoms with E-state index in [-0.39, 0.29) is 16.8 Å². The molecule has 3 atom stereocenters. The molecule has 2 nitrogen and oxygen atoms in total. The summed E-state index contributed by atoms with van der Waals surface area (Å²) >= 11 is 0. The Hall–Kier alpha value is -0.630. The van der Waals surface area contributed by atoms with Gasteiger partial charge in [-0.1, -0.05) is 19.9 Å². The molecule has 0 aromatic heterocycles. The Labute approximate surface area is 91.7 Å². The van der Waals surface area contributed by atoms with Gasteiger partial charge in [-0.15, -0.1) is 0 Å². The number of epoxide rings is 1. The molecule has 2 heteroatoms. The van der Waals surface area contributed by atoms with E-state index >= 15 is 0 Å². The lowest BCUT2D eigenvalue weighted by molar-refractivity contribution is -0.112. The molecular weight excluding hydrogens is 188 g/mol. The summed E-state index contributed by atoms with van der Waals surface area (Å²) in [4.78, 5) is 11.0. The summed E-state index contributed by atoms with van der Waals surface area (Å²) in [6, 6.07) is 0. The van der Waals surface area contributed by atoms with Gasteiger partial charge in [0, 0.05) is 5.92 Å². The molecule has 0 bridgehead atoms. The summed E-state index contributed by atoms with van der Waals surface area (Å²) in [5.41, 5.74) is 0.237. The zero-order valence-corrected chi connectivity index (χ0v) is 10.0. The average Bonchev–Trinajstić information content (AvgIpc) is 2.74. The molecular formula is C13H20O2. The van der Waals surface area contributed by atoms with Crippen molar-refractivity contribution in [2.75, 3.05) is 0 Å². The van der Waals surface area contributed by atoms with E-state index in [4.69, 9.17) is 4.74 Å². The molecule has 1 aliphatic heterocycles. The lowest BCUT2D eigenvalue weighted by atomic mass is 9.64. The van der Waals surface area contributed by atoms with Crippen molar-refractivity contribution in [3.05, 3.63) is 12.2 Å². The standard InChI is InChI=1S/C13H20O2/c1-9(14)5-6-10-12(2,3)8-7-11-13(10,4)15-11/h5-6,10-11H,7-8H2,1-4H3/b6-5+/t10-,11-,13+/m0/s1. The minimum atomic E-state index is -0.00625.